The van der Waals surface area contributed by atoms with Gasteiger partial charge in [0.15, 0.2) is 4.96 Å². The number of nitrogens with one attached hydrogen (secondary N) is 2. The van der Waals surface area contributed by atoms with Gasteiger partial charge in [-0.15, -0.1) is 11.3 Å². The number of hydrogen-bond acceptors (Lipinski definition) is 8. The molecule has 4 heterocycles. The maximum atomic E-state index is 14.4. The minimum Gasteiger partial charge on any atom is -0.370 e. The third-order valence-corrected chi connectivity index (χ3v) is 8.22. The Balaban J connectivity index is 1.20. The van der Waals surface area contributed by atoms with Crippen molar-refractivity contribution in [1.29, 1.82) is 0 Å². The highest BCUT2D eigenvalue weighted by molar-refractivity contribution is 7.15. The smallest absolute Gasteiger partial charge is 0.260 e. The van der Waals surface area contributed by atoms with Crippen molar-refractivity contribution in [3.8, 4) is 22.6 Å². The lowest BCUT2D eigenvalue weighted by Gasteiger charge is -2.27. The second-order valence-electron chi connectivity index (χ2n) is 10.0. The summed E-state index contributed by atoms with van der Waals surface area (Å²) in [6, 6.07) is 20.5. The van der Waals surface area contributed by atoms with E-state index in [1.165, 1.54) is 29.5 Å². The number of nitrogens with zero attached hydrogens (tertiary/aromatic N) is 5. The van der Waals surface area contributed by atoms with Crippen LogP contribution in [0.25, 0.3) is 27.6 Å². The van der Waals surface area contributed by atoms with Gasteiger partial charge < -0.3 is 20.3 Å². The first kappa shape index (κ1) is 28.6. The van der Waals surface area contributed by atoms with Crippen molar-refractivity contribution in [3.63, 3.8) is 0 Å². The molecule has 0 aliphatic carbocycles. The monoisotopic (exact) mass is 639 g/mol. The van der Waals surface area contributed by atoms with Crippen LogP contribution in [0.15, 0.2) is 90.6 Å². The van der Waals surface area contributed by atoms with Gasteiger partial charge in [-0.2, -0.15) is 0 Å². The number of thiazole rings is 1. The lowest BCUT2D eigenvalue weighted by atomic mass is 10.1. The molecule has 1 fully saturated rings. The Morgan fingerprint density at radius 3 is 2.73 bits per heavy atom. The standard InChI is InChI=1S/C32H23ClFN7O3S/c33-23-8-3-9-24(34)27(23)30(43)36-20-5-1-4-19(16-20)28-29(41-13-15-45-32(41)39-28)25-10-11-35-31(38-25)37-21-6-2-7-22(17-21)40-12-14-44-18-26(40)42/h1-11,13,15-17H,12,14,18H2,(H,36,43)(H,35,37,38). The highest BCUT2D eigenvalue weighted by Gasteiger charge is 2.22. The summed E-state index contributed by atoms with van der Waals surface area (Å²) in [5, 5.41) is 7.95. The van der Waals surface area contributed by atoms with E-state index in [2.05, 4.69) is 15.6 Å². The van der Waals surface area contributed by atoms with Crippen LogP contribution in [0, 0.1) is 5.82 Å². The van der Waals surface area contributed by atoms with E-state index in [9.17, 15) is 14.0 Å². The topological polar surface area (TPSA) is 114 Å². The molecule has 6 aromatic rings. The van der Waals surface area contributed by atoms with E-state index in [4.69, 9.17) is 26.3 Å². The first-order chi connectivity index (χ1) is 21.9. The number of benzene rings is 3. The molecule has 0 unspecified atom stereocenters. The third kappa shape index (κ3) is 5.74. The Bertz CT molecular complexity index is 2060. The van der Waals surface area contributed by atoms with Crippen molar-refractivity contribution in [2.24, 2.45) is 0 Å². The molecule has 2 N–H and O–H groups in total. The highest BCUT2D eigenvalue weighted by Crippen LogP contribution is 2.35. The van der Waals surface area contributed by atoms with Gasteiger partial charge in [0.2, 0.25) is 5.95 Å². The Labute approximate surface area is 265 Å². The highest BCUT2D eigenvalue weighted by atomic mass is 35.5. The average Bonchev–Trinajstić information content (AvgIpc) is 3.64. The van der Waals surface area contributed by atoms with Crippen LogP contribution >= 0.6 is 22.9 Å². The summed E-state index contributed by atoms with van der Waals surface area (Å²) in [6.07, 6.45) is 3.57. The Hall–Kier alpha value is -5.17. The normalized spacial score (nSPS) is 13.3. The van der Waals surface area contributed by atoms with Crippen molar-refractivity contribution in [3.05, 3.63) is 107 Å². The molecular weight excluding hydrogens is 617 g/mol. The van der Waals surface area contributed by atoms with Gasteiger partial charge in [-0.1, -0.05) is 35.9 Å². The van der Waals surface area contributed by atoms with Gasteiger partial charge in [0, 0.05) is 46.9 Å². The second kappa shape index (κ2) is 12.1. The fraction of sp³-hybridized carbons (Fsp3) is 0.0938. The van der Waals surface area contributed by atoms with E-state index in [0.29, 0.717) is 41.7 Å². The predicted octanol–water partition coefficient (Wildman–Crippen LogP) is 6.67. The molecule has 10 nitrogen and oxygen atoms in total. The molecule has 2 amide bonds. The van der Waals surface area contributed by atoms with Crippen LogP contribution in [0.1, 0.15) is 10.4 Å². The number of carbonyl (C=O) groups excluding carboxylic acids is 2. The molecule has 3 aromatic heterocycles. The summed E-state index contributed by atoms with van der Waals surface area (Å²) in [7, 11) is 0. The van der Waals surface area contributed by atoms with Crippen LogP contribution in [0.2, 0.25) is 5.02 Å². The van der Waals surface area contributed by atoms with Gasteiger partial charge in [0.25, 0.3) is 11.8 Å². The zero-order valence-corrected chi connectivity index (χ0v) is 25.0. The number of anilines is 4. The number of aromatic nitrogens is 4. The quantitative estimate of drug-likeness (QED) is 0.201. The molecule has 3 aromatic carbocycles. The van der Waals surface area contributed by atoms with Crippen molar-refractivity contribution in [2.45, 2.75) is 0 Å². The summed E-state index contributed by atoms with van der Waals surface area (Å²) in [4.78, 5) is 41.8. The summed E-state index contributed by atoms with van der Waals surface area (Å²) in [6.45, 7) is 1.02. The SMILES string of the molecule is O=C(Nc1cccc(-c2nc3sccn3c2-c2ccnc(Nc3cccc(N4CCOCC4=O)c3)n2)c1)c1c(F)cccc1Cl. The van der Waals surface area contributed by atoms with Gasteiger partial charge in [-0.05, 0) is 48.5 Å². The lowest BCUT2D eigenvalue weighted by molar-refractivity contribution is -0.125. The van der Waals surface area contributed by atoms with E-state index in [1.54, 1.807) is 35.4 Å². The molecule has 0 atom stereocenters. The third-order valence-electron chi connectivity index (χ3n) is 7.14. The van der Waals surface area contributed by atoms with E-state index in [0.717, 1.165) is 22.0 Å². The molecule has 0 radical (unpaired) electrons. The number of halogens is 2. The predicted molar refractivity (Wildman–Crippen MR) is 172 cm³/mol. The second-order valence-corrected chi connectivity index (χ2v) is 11.3. The number of ether oxygens (including phenoxy) is 1. The molecular formula is C32H23ClFN7O3S. The molecule has 13 heteroatoms. The summed E-state index contributed by atoms with van der Waals surface area (Å²) < 4.78 is 21.6. The van der Waals surface area contributed by atoms with Gasteiger partial charge in [0.1, 0.15) is 18.1 Å². The molecule has 224 valence electrons. The molecule has 1 aliphatic heterocycles. The van der Waals surface area contributed by atoms with Crippen molar-refractivity contribution in [1.82, 2.24) is 19.4 Å². The van der Waals surface area contributed by atoms with Crippen LogP contribution in [-0.4, -0.2) is 50.9 Å². The molecule has 0 bridgehead atoms. The first-order valence-electron chi connectivity index (χ1n) is 13.8. The van der Waals surface area contributed by atoms with Gasteiger partial charge >= 0.3 is 0 Å². The molecule has 45 heavy (non-hydrogen) atoms. The molecule has 0 spiro atoms. The van der Waals surface area contributed by atoms with E-state index in [1.807, 2.05) is 46.3 Å². The largest absolute Gasteiger partial charge is 0.370 e. The molecule has 1 saturated heterocycles. The number of carbonyl (C=O) groups is 2. The zero-order valence-electron chi connectivity index (χ0n) is 23.4. The number of amides is 2. The van der Waals surface area contributed by atoms with Crippen molar-refractivity contribution >= 4 is 62.7 Å². The number of imidazole rings is 1. The maximum absolute atomic E-state index is 14.4. The van der Waals surface area contributed by atoms with Crippen LogP contribution in [0.5, 0.6) is 0 Å². The Morgan fingerprint density at radius 2 is 1.87 bits per heavy atom. The van der Waals surface area contributed by atoms with Crippen LogP contribution in [-0.2, 0) is 9.53 Å². The van der Waals surface area contributed by atoms with Crippen molar-refractivity contribution in [2.75, 3.05) is 35.3 Å². The Kier molecular flexibility index (Phi) is 7.67. The fourth-order valence-electron chi connectivity index (χ4n) is 5.11. The Morgan fingerprint density at radius 1 is 1.02 bits per heavy atom. The number of rotatable bonds is 7. The van der Waals surface area contributed by atoms with E-state index in [-0.39, 0.29) is 23.1 Å². The van der Waals surface area contributed by atoms with Gasteiger partial charge in [0.05, 0.1) is 28.6 Å². The zero-order chi connectivity index (χ0) is 30.9. The number of hydrogen-bond donors (Lipinski definition) is 2. The maximum Gasteiger partial charge on any atom is 0.260 e. The van der Waals surface area contributed by atoms with Crippen LogP contribution in [0.3, 0.4) is 0 Å². The van der Waals surface area contributed by atoms with Gasteiger partial charge in [-0.3, -0.25) is 14.0 Å². The van der Waals surface area contributed by atoms with Crippen LogP contribution < -0.4 is 15.5 Å². The summed E-state index contributed by atoms with van der Waals surface area (Å²) >= 11 is 7.58. The van der Waals surface area contributed by atoms with E-state index >= 15 is 0 Å². The lowest BCUT2D eigenvalue weighted by Crippen LogP contribution is -2.41. The molecule has 7 rings (SSSR count). The summed E-state index contributed by atoms with van der Waals surface area (Å²) in [5.74, 6) is -1.10. The van der Waals surface area contributed by atoms with Crippen LogP contribution in [0.4, 0.5) is 27.4 Å². The minimum atomic E-state index is -0.706. The summed E-state index contributed by atoms with van der Waals surface area (Å²) in [5.41, 5.74) is 4.39. The average molecular weight is 640 g/mol. The number of fused-ring (bicyclic) bond motifs is 1. The number of morpholine rings is 1. The minimum absolute atomic E-state index is 0.0229. The molecule has 0 saturated carbocycles. The van der Waals surface area contributed by atoms with Crippen molar-refractivity contribution < 1.29 is 18.7 Å². The van der Waals surface area contributed by atoms with E-state index < -0.39 is 11.7 Å². The fourth-order valence-corrected chi connectivity index (χ4v) is 6.07. The van der Waals surface area contributed by atoms with Gasteiger partial charge in [-0.25, -0.2) is 19.3 Å². The first-order valence-corrected chi connectivity index (χ1v) is 15.1. The molecule has 1 aliphatic rings.